The van der Waals surface area contributed by atoms with Crippen LogP contribution >= 0.6 is 0 Å². The molecule has 1 saturated carbocycles. The van der Waals surface area contributed by atoms with Crippen molar-refractivity contribution in [2.24, 2.45) is 16.8 Å². The molecule has 1 aliphatic rings. The number of hydrogen-bond acceptors (Lipinski definition) is 4. The van der Waals surface area contributed by atoms with Crippen LogP contribution in [0.1, 0.15) is 47.0 Å². The van der Waals surface area contributed by atoms with Gasteiger partial charge in [-0.25, -0.2) is 4.79 Å². The largest absolute Gasteiger partial charge is 0.450 e. The van der Waals surface area contributed by atoms with E-state index in [0.29, 0.717) is 25.0 Å². The molecule has 0 spiro atoms. The Morgan fingerprint density at radius 3 is 2.60 bits per heavy atom. The lowest BCUT2D eigenvalue weighted by Crippen LogP contribution is -2.42. The lowest BCUT2D eigenvalue weighted by Gasteiger charge is -2.17. The second kappa shape index (κ2) is 12.8. The van der Waals surface area contributed by atoms with Gasteiger partial charge in [0.1, 0.15) is 0 Å². The van der Waals surface area contributed by atoms with Crippen LogP contribution in [-0.4, -0.2) is 57.5 Å². The fraction of sp³-hybridized carbons (Fsp3) is 0.889. The number of rotatable bonds is 12. The molecule has 1 amide bonds. The topological polar surface area (TPSA) is 84.0 Å². The summed E-state index contributed by atoms with van der Waals surface area (Å²) in [6, 6.07) is 0.0453. The molecule has 0 aromatic heterocycles. The fourth-order valence-electron chi connectivity index (χ4n) is 2.37. The van der Waals surface area contributed by atoms with Crippen LogP contribution in [0.5, 0.6) is 0 Å². The molecule has 1 rings (SSSR count). The van der Waals surface area contributed by atoms with Gasteiger partial charge in [-0.2, -0.15) is 0 Å². The lowest BCUT2D eigenvalue weighted by atomic mass is 10.2. The number of ether oxygens (including phenoxy) is 2. The monoisotopic (exact) mass is 356 g/mol. The average molecular weight is 357 g/mol. The van der Waals surface area contributed by atoms with Crippen LogP contribution in [0.15, 0.2) is 4.99 Å². The molecule has 1 fully saturated rings. The summed E-state index contributed by atoms with van der Waals surface area (Å²) in [6.45, 7) is 12.2. The molecule has 25 heavy (non-hydrogen) atoms. The molecule has 1 unspecified atom stereocenters. The van der Waals surface area contributed by atoms with Crippen molar-refractivity contribution < 1.29 is 14.3 Å². The second-order valence-corrected chi connectivity index (χ2v) is 6.78. The first-order chi connectivity index (χ1) is 12.1. The van der Waals surface area contributed by atoms with E-state index in [9.17, 15) is 4.79 Å². The Morgan fingerprint density at radius 1 is 1.24 bits per heavy atom. The molecule has 1 atom stereocenters. The van der Waals surface area contributed by atoms with Crippen LogP contribution < -0.4 is 16.0 Å². The number of aliphatic imine (C=N–C) groups is 1. The van der Waals surface area contributed by atoms with E-state index in [-0.39, 0.29) is 12.1 Å². The van der Waals surface area contributed by atoms with E-state index < -0.39 is 0 Å². The third-order valence-corrected chi connectivity index (χ3v) is 3.77. The van der Waals surface area contributed by atoms with Gasteiger partial charge in [0.2, 0.25) is 0 Å². The third-order valence-electron chi connectivity index (χ3n) is 3.77. The van der Waals surface area contributed by atoms with Crippen LogP contribution in [-0.2, 0) is 9.47 Å². The van der Waals surface area contributed by atoms with Crippen LogP contribution in [0.2, 0.25) is 0 Å². The standard InChI is InChI=1S/C18H36N4O3/c1-5-19-17(20-10-7-11-24-13-14(3)4)21-12-16(15-8-9-15)22-18(23)25-6-2/h14-16H,5-13H2,1-4H3,(H,22,23)(H2,19,20,21). The second-order valence-electron chi connectivity index (χ2n) is 6.78. The number of nitrogens with one attached hydrogen (secondary N) is 3. The molecule has 1 aliphatic carbocycles. The molecule has 0 aromatic rings. The van der Waals surface area contributed by atoms with Gasteiger partial charge in [-0.05, 0) is 44.9 Å². The average Bonchev–Trinajstić information content (AvgIpc) is 3.39. The highest BCUT2D eigenvalue weighted by molar-refractivity contribution is 5.79. The summed E-state index contributed by atoms with van der Waals surface area (Å²) in [6.07, 6.45) is 2.87. The van der Waals surface area contributed by atoms with Gasteiger partial charge in [-0.15, -0.1) is 0 Å². The fourth-order valence-corrected chi connectivity index (χ4v) is 2.37. The minimum atomic E-state index is -0.352. The van der Waals surface area contributed by atoms with Gasteiger partial charge in [0.15, 0.2) is 5.96 Å². The number of carbonyl (C=O) groups excluding carboxylic acids is 1. The summed E-state index contributed by atoms with van der Waals surface area (Å²) in [5.41, 5.74) is 0. The highest BCUT2D eigenvalue weighted by Crippen LogP contribution is 2.32. The Bertz CT molecular complexity index is 398. The molecule has 0 saturated heterocycles. The van der Waals surface area contributed by atoms with Crippen molar-refractivity contribution in [1.29, 1.82) is 0 Å². The summed E-state index contributed by atoms with van der Waals surface area (Å²) in [4.78, 5) is 16.3. The van der Waals surface area contributed by atoms with Crippen molar-refractivity contribution in [2.45, 2.75) is 53.0 Å². The van der Waals surface area contributed by atoms with Crippen molar-refractivity contribution in [1.82, 2.24) is 16.0 Å². The highest BCUT2D eigenvalue weighted by Gasteiger charge is 2.32. The normalized spacial score (nSPS) is 15.8. The van der Waals surface area contributed by atoms with Crippen molar-refractivity contribution in [3.8, 4) is 0 Å². The Balaban J connectivity index is 2.35. The summed E-state index contributed by atoms with van der Waals surface area (Å²) in [5.74, 6) is 1.86. The number of hydrogen-bond donors (Lipinski definition) is 3. The van der Waals surface area contributed by atoms with Crippen molar-refractivity contribution >= 4 is 12.1 Å². The Morgan fingerprint density at radius 2 is 2.00 bits per heavy atom. The van der Waals surface area contributed by atoms with E-state index in [0.717, 1.165) is 51.5 Å². The van der Waals surface area contributed by atoms with Gasteiger partial charge in [-0.3, -0.25) is 4.99 Å². The third kappa shape index (κ3) is 10.9. The van der Waals surface area contributed by atoms with Crippen molar-refractivity contribution in [3.05, 3.63) is 0 Å². The summed E-state index contributed by atoms with van der Waals surface area (Å²) >= 11 is 0. The summed E-state index contributed by atoms with van der Waals surface area (Å²) in [5, 5.41) is 9.48. The van der Waals surface area contributed by atoms with Crippen LogP contribution in [0.4, 0.5) is 4.79 Å². The van der Waals surface area contributed by atoms with Gasteiger partial charge in [0.25, 0.3) is 0 Å². The quantitative estimate of drug-likeness (QED) is 0.283. The first-order valence-electron chi connectivity index (χ1n) is 9.60. The maximum absolute atomic E-state index is 11.6. The first-order valence-corrected chi connectivity index (χ1v) is 9.60. The van der Waals surface area contributed by atoms with E-state index in [4.69, 9.17) is 9.47 Å². The minimum Gasteiger partial charge on any atom is -0.450 e. The highest BCUT2D eigenvalue weighted by atomic mass is 16.5. The van der Waals surface area contributed by atoms with Crippen LogP contribution in [0.25, 0.3) is 0 Å². The zero-order valence-electron chi connectivity index (χ0n) is 16.3. The van der Waals surface area contributed by atoms with Crippen molar-refractivity contribution in [2.75, 3.05) is 39.5 Å². The molecule has 0 heterocycles. The van der Waals surface area contributed by atoms with E-state index in [1.807, 2.05) is 13.8 Å². The van der Waals surface area contributed by atoms with E-state index >= 15 is 0 Å². The van der Waals surface area contributed by atoms with Gasteiger partial charge in [-0.1, -0.05) is 13.8 Å². The zero-order chi connectivity index (χ0) is 18.5. The smallest absolute Gasteiger partial charge is 0.407 e. The number of carbonyl (C=O) groups is 1. The lowest BCUT2D eigenvalue weighted by molar-refractivity contribution is 0.108. The number of alkyl carbamates (subject to hydrolysis) is 1. The van der Waals surface area contributed by atoms with Gasteiger partial charge >= 0.3 is 6.09 Å². The molecule has 7 nitrogen and oxygen atoms in total. The van der Waals surface area contributed by atoms with E-state index in [1.165, 1.54) is 0 Å². The van der Waals surface area contributed by atoms with Gasteiger partial charge in [0.05, 0.1) is 19.2 Å². The number of amides is 1. The SMILES string of the molecule is CCNC(=NCC(NC(=O)OCC)C1CC1)NCCCOCC(C)C. The molecule has 3 N–H and O–H groups in total. The molecule has 0 aromatic carbocycles. The van der Waals surface area contributed by atoms with Crippen molar-refractivity contribution in [3.63, 3.8) is 0 Å². The molecular formula is C18H36N4O3. The van der Waals surface area contributed by atoms with E-state index in [1.54, 1.807) is 0 Å². The molecule has 0 radical (unpaired) electrons. The Labute approximate surface area is 152 Å². The van der Waals surface area contributed by atoms with Gasteiger partial charge < -0.3 is 25.4 Å². The number of guanidine groups is 1. The van der Waals surface area contributed by atoms with E-state index in [2.05, 4.69) is 34.8 Å². The molecule has 0 aliphatic heterocycles. The Kier molecular flexibility index (Phi) is 11.0. The van der Waals surface area contributed by atoms with Crippen LogP contribution in [0.3, 0.4) is 0 Å². The Hall–Kier alpha value is -1.50. The number of nitrogens with zero attached hydrogens (tertiary/aromatic N) is 1. The molecule has 146 valence electrons. The van der Waals surface area contributed by atoms with Crippen LogP contribution in [0, 0.1) is 11.8 Å². The zero-order valence-corrected chi connectivity index (χ0v) is 16.3. The minimum absolute atomic E-state index is 0.0453. The molecular weight excluding hydrogens is 320 g/mol. The predicted octanol–water partition coefficient (Wildman–Crippen LogP) is 2.13. The maximum Gasteiger partial charge on any atom is 0.407 e. The molecule has 7 heteroatoms. The van der Waals surface area contributed by atoms with Gasteiger partial charge in [0, 0.05) is 26.3 Å². The maximum atomic E-state index is 11.6. The summed E-state index contributed by atoms with van der Waals surface area (Å²) < 4.78 is 10.6. The predicted molar refractivity (Wildman–Crippen MR) is 101 cm³/mol. The first kappa shape index (κ1) is 21.5. The summed E-state index contributed by atoms with van der Waals surface area (Å²) in [7, 11) is 0. The molecule has 0 bridgehead atoms.